The summed E-state index contributed by atoms with van der Waals surface area (Å²) < 4.78 is 28.9. The van der Waals surface area contributed by atoms with Crippen LogP contribution >= 0.6 is 0 Å². The summed E-state index contributed by atoms with van der Waals surface area (Å²) in [6, 6.07) is 1.07. The Kier molecular flexibility index (Phi) is 13.7. The van der Waals surface area contributed by atoms with Crippen LogP contribution in [0.3, 0.4) is 0 Å². The average molecular weight is 367 g/mol. The number of unbranched alkanes of at least 4 members (excludes halogenated alkanes) is 3. The van der Waals surface area contributed by atoms with Crippen LogP contribution in [0.15, 0.2) is 0 Å². The molecule has 0 fully saturated rings. The number of rotatable bonds is 16. The predicted octanol–water partition coefficient (Wildman–Crippen LogP) is 4.35. The molecular weight excluding hydrogens is 328 g/mol. The van der Waals surface area contributed by atoms with Crippen LogP contribution in [0.2, 0.25) is 19.1 Å². The molecule has 0 rings (SSSR count). The van der Waals surface area contributed by atoms with E-state index < -0.39 is 17.4 Å². The normalized spacial score (nSPS) is 12.8. The van der Waals surface area contributed by atoms with E-state index in [2.05, 4.69) is 6.55 Å². The van der Waals surface area contributed by atoms with E-state index in [-0.39, 0.29) is 0 Å². The van der Waals surface area contributed by atoms with Gasteiger partial charge in [-0.1, -0.05) is 19.3 Å². The van der Waals surface area contributed by atoms with Crippen LogP contribution in [0.25, 0.3) is 0 Å². The van der Waals surface area contributed by atoms with Crippen molar-refractivity contribution in [3.63, 3.8) is 0 Å². The van der Waals surface area contributed by atoms with Crippen molar-refractivity contribution in [2.75, 3.05) is 33.0 Å². The average Bonchev–Trinajstić information content (AvgIpc) is 2.47. The van der Waals surface area contributed by atoms with Gasteiger partial charge >= 0.3 is 17.4 Å². The SMILES string of the molecule is CCO[Si](C)(CCCCCCO[Si](C)(OCC)OCC)OCC. The van der Waals surface area contributed by atoms with E-state index in [4.69, 9.17) is 22.1 Å². The van der Waals surface area contributed by atoms with Crippen molar-refractivity contribution < 1.29 is 22.1 Å². The molecule has 0 saturated carbocycles. The van der Waals surface area contributed by atoms with E-state index in [1.54, 1.807) is 0 Å². The highest BCUT2D eigenvalue weighted by molar-refractivity contribution is 6.66. The zero-order valence-corrected chi connectivity index (χ0v) is 18.1. The first-order chi connectivity index (χ1) is 10.9. The van der Waals surface area contributed by atoms with E-state index in [0.29, 0.717) is 19.8 Å². The molecule has 5 nitrogen and oxygen atoms in total. The molecule has 140 valence electrons. The van der Waals surface area contributed by atoms with Crippen LogP contribution in [0.1, 0.15) is 53.4 Å². The lowest BCUT2D eigenvalue weighted by molar-refractivity contribution is 0.0724. The minimum Gasteiger partial charge on any atom is -0.395 e. The molecule has 0 atom stereocenters. The fraction of sp³-hybridized carbons (Fsp3) is 1.00. The quantitative estimate of drug-likeness (QED) is 0.300. The summed E-state index contributed by atoms with van der Waals surface area (Å²) in [5.74, 6) is 0. The Hall–Kier alpha value is 0.234. The first-order valence-corrected chi connectivity index (χ1v) is 13.9. The van der Waals surface area contributed by atoms with Crippen molar-refractivity contribution in [2.24, 2.45) is 0 Å². The minimum absolute atomic E-state index is 0.640. The lowest BCUT2D eigenvalue weighted by atomic mass is 10.2. The third-order valence-electron chi connectivity index (χ3n) is 3.60. The van der Waals surface area contributed by atoms with Gasteiger partial charge in [0.1, 0.15) is 0 Å². The molecule has 0 aromatic rings. The van der Waals surface area contributed by atoms with E-state index in [0.717, 1.165) is 38.5 Å². The van der Waals surface area contributed by atoms with Crippen LogP contribution in [-0.4, -0.2) is 50.4 Å². The topological polar surface area (TPSA) is 46.2 Å². The highest BCUT2D eigenvalue weighted by Gasteiger charge is 2.33. The molecule has 0 N–H and O–H groups in total. The van der Waals surface area contributed by atoms with Crippen LogP contribution in [-0.2, 0) is 22.1 Å². The number of hydrogen-bond acceptors (Lipinski definition) is 5. The second-order valence-electron chi connectivity index (χ2n) is 5.74. The highest BCUT2D eigenvalue weighted by Crippen LogP contribution is 2.18. The standard InChI is InChI=1S/C16H38O5Si2/c1-7-17-22(5,18-8-2)16-14-12-11-13-15-21-23(6,19-9-3)20-10-4/h7-16H2,1-6H3. The molecule has 0 radical (unpaired) electrons. The van der Waals surface area contributed by atoms with Gasteiger partial charge in [0.25, 0.3) is 0 Å². The van der Waals surface area contributed by atoms with Gasteiger partial charge in [-0.25, -0.2) is 0 Å². The van der Waals surface area contributed by atoms with Crippen molar-refractivity contribution in [3.8, 4) is 0 Å². The van der Waals surface area contributed by atoms with Gasteiger partial charge in [-0.15, -0.1) is 0 Å². The van der Waals surface area contributed by atoms with Crippen LogP contribution in [0.5, 0.6) is 0 Å². The molecule has 7 heteroatoms. The fourth-order valence-corrected chi connectivity index (χ4v) is 6.90. The summed E-state index contributed by atoms with van der Waals surface area (Å²) in [5.41, 5.74) is 0. The van der Waals surface area contributed by atoms with Gasteiger partial charge in [0, 0.05) is 39.6 Å². The molecule has 23 heavy (non-hydrogen) atoms. The Morgan fingerprint density at radius 2 is 1.04 bits per heavy atom. The largest absolute Gasteiger partial charge is 0.497 e. The van der Waals surface area contributed by atoms with Gasteiger partial charge in [-0.2, -0.15) is 0 Å². The second-order valence-corrected chi connectivity index (χ2v) is 11.7. The molecule has 0 heterocycles. The summed E-state index contributed by atoms with van der Waals surface area (Å²) in [4.78, 5) is 0. The summed E-state index contributed by atoms with van der Waals surface area (Å²) in [7, 11) is -4.34. The maximum Gasteiger partial charge on any atom is 0.497 e. The molecule has 0 bridgehead atoms. The Bertz CT molecular complexity index is 241. The lowest BCUT2D eigenvalue weighted by Crippen LogP contribution is -2.42. The van der Waals surface area contributed by atoms with E-state index in [1.165, 1.54) is 6.42 Å². The fourth-order valence-electron chi connectivity index (χ4n) is 2.61. The molecule has 0 saturated heterocycles. The predicted molar refractivity (Wildman–Crippen MR) is 99.0 cm³/mol. The Morgan fingerprint density at radius 3 is 1.52 bits per heavy atom. The first-order valence-electron chi connectivity index (χ1n) is 9.15. The van der Waals surface area contributed by atoms with Crippen molar-refractivity contribution in [1.82, 2.24) is 0 Å². The summed E-state index contributed by atoms with van der Waals surface area (Å²) in [6.45, 7) is 15.7. The molecule has 0 aromatic carbocycles. The maximum absolute atomic E-state index is 5.89. The van der Waals surface area contributed by atoms with Crippen molar-refractivity contribution in [2.45, 2.75) is 72.5 Å². The Labute approximate surface area is 145 Å². The maximum atomic E-state index is 5.89. The smallest absolute Gasteiger partial charge is 0.395 e. The van der Waals surface area contributed by atoms with Gasteiger partial charge in [-0.05, 0) is 46.7 Å². The number of hydrogen-bond donors (Lipinski definition) is 0. The minimum atomic E-state index is -2.40. The molecule has 0 aliphatic rings. The monoisotopic (exact) mass is 366 g/mol. The molecule has 0 aromatic heterocycles. The summed E-state index contributed by atoms with van der Waals surface area (Å²) in [5, 5.41) is 0. The summed E-state index contributed by atoms with van der Waals surface area (Å²) in [6.07, 6.45) is 4.55. The third kappa shape index (κ3) is 11.4. The van der Waals surface area contributed by atoms with Crippen molar-refractivity contribution >= 4 is 17.4 Å². The van der Waals surface area contributed by atoms with E-state index >= 15 is 0 Å². The van der Waals surface area contributed by atoms with Crippen molar-refractivity contribution in [3.05, 3.63) is 0 Å². The van der Waals surface area contributed by atoms with E-state index in [1.807, 2.05) is 34.2 Å². The van der Waals surface area contributed by atoms with E-state index in [9.17, 15) is 0 Å². The molecule has 0 amide bonds. The van der Waals surface area contributed by atoms with Gasteiger partial charge in [0.2, 0.25) is 0 Å². The summed E-state index contributed by atoms with van der Waals surface area (Å²) >= 11 is 0. The van der Waals surface area contributed by atoms with Gasteiger partial charge in [0.15, 0.2) is 0 Å². The molecule has 0 unspecified atom stereocenters. The van der Waals surface area contributed by atoms with Gasteiger partial charge in [0.05, 0.1) is 0 Å². The zero-order chi connectivity index (χ0) is 17.6. The third-order valence-corrected chi connectivity index (χ3v) is 9.02. The van der Waals surface area contributed by atoms with Crippen LogP contribution in [0, 0.1) is 0 Å². The Morgan fingerprint density at radius 1 is 0.565 bits per heavy atom. The Balaban J connectivity index is 3.83. The second kappa shape index (κ2) is 13.5. The molecule has 0 aliphatic carbocycles. The highest BCUT2D eigenvalue weighted by atomic mass is 28.4. The van der Waals surface area contributed by atoms with Gasteiger partial charge < -0.3 is 22.1 Å². The van der Waals surface area contributed by atoms with Crippen molar-refractivity contribution in [1.29, 1.82) is 0 Å². The van der Waals surface area contributed by atoms with Crippen LogP contribution in [0.4, 0.5) is 0 Å². The molecule has 0 spiro atoms. The zero-order valence-electron chi connectivity index (χ0n) is 16.1. The lowest BCUT2D eigenvalue weighted by Gasteiger charge is -2.26. The molecular formula is C16H38O5Si2. The molecule has 0 aliphatic heterocycles. The van der Waals surface area contributed by atoms with Crippen LogP contribution < -0.4 is 0 Å². The first kappa shape index (κ1) is 23.2. The van der Waals surface area contributed by atoms with Gasteiger partial charge in [-0.3, -0.25) is 0 Å².